The van der Waals surface area contributed by atoms with Crippen LogP contribution in [0.25, 0.3) is 11.0 Å². The monoisotopic (exact) mass is 297 g/mol. The summed E-state index contributed by atoms with van der Waals surface area (Å²) in [6, 6.07) is 5.82. The predicted molar refractivity (Wildman–Crippen MR) is 84.5 cm³/mol. The van der Waals surface area contributed by atoms with Gasteiger partial charge in [-0.15, -0.1) is 0 Å². The normalized spacial score (nSPS) is 12.5. The Morgan fingerprint density at radius 2 is 2.05 bits per heavy atom. The van der Waals surface area contributed by atoms with Crippen LogP contribution in [0, 0.1) is 10.2 Å². The number of nitrogens with one attached hydrogen (secondary N) is 1. The van der Waals surface area contributed by atoms with Crippen LogP contribution in [0.2, 0.25) is 5.02 Å². The molecule has 1 N–H and O–H groups in total. The van der Waals surface area contributed by atoms with Gasteiger partial charge < -0.3 is 14.5 Å². The molecule has 0 spiro atoms. The largest absolute Gasteiger partial charge is 0.331 e. The summed E-state index contributed by atoms with van der Waals surface area (Å²) in [7, 11) is 4.18. The Balaban J connectivity index is 2.42. The molecule has 0 radical (unpaired) electrons. The van der Waals surface area contributed by atoms with Crippen molar-refractivity contribution < 1.29 is 0 Å². The van der Waals surface area contributed by atoms with Gasteiger partial charge in [-0.1, -0.05) is 25.4 Å². The first kappa shape index (κ1) is 14.6. The Morgan fingerprint density at radius 1 is 1.37 bits per heavy atom. The molecule has 5 heteroatoms. The molecule has 0 fully saturated rings. The third kappa shape index (κ3) is 3.38. The number of H-pyrrole nitrogens is 1. The van der Waals surface area contributed by atoms with Gasteiger partial charge in [0.1, 0.15) is 0 Å². The maximum atomic E-state index is 6.09. The van der Waals surface area contributed by atoms with Crippen molar-refractivity contribution in [3.8, 4) is 0 Å². The summed E-state index contributed by atoms with van der Waals surface area (Å²) in [6.07, 6.45) is 0. The van der Waals surface area contributed by atoms with Crippen LogP contribution in [0.3, 0.4) is 0 Å². The van der Waals surface area contributed by atoms with Crippen molar-refractivity contribution in [2.75, 3.05) is 20.6 Å². The van der Waals surface area contributed by atoms with E-state index >= 15 is 0 Å². The van der Waals surface area contributed by atoms with Gasteiger partial charge in [0.15, 0.2) is 4.77 Å². The minimum absolute atomic E-state index is 0.138. The van der Waals surface area contributed by atoms with E-state index in [1.54, 1.807) is 0 Å². The van der Waals surface area contributed by atoms with Gasteiger partial charge in [0.05, 0.1) is 11.0 Å². The molecule has 0 bridgehead atoms. The summed E-state index contributed by atoms with van der Waals surface area (Å²) < 4.78 is 2.89. The standard InChI is InChI=1S/C14H20ClN3S/c1-14(2,8-17(3)4)9-18-12-7-10(15)5-6-11(12)16-13(18)19/h5-7H,8-9H2,1-4H3,(H,16,19). The van der Waals surface area contributed by atoms with Crippen LogP contribution in [0.5, 0.6) is 0 Å². The zero-order chi connectivity index (χ0) is 14.2. The average molecular weight is 298 g/mol. The summed E-state index contributed by atoms with van der Waals surface area (Å²) in [6.45, 7) is 6.36. The second-order valence-corrected chi connectivity index (χ2v) is 6.90. The number of aromatic amines is 1. The van der Waals surface area contributed by atoms with Gasteiger partial charge in [-0.05, 0) is 49.9 Å². The zero-order valence-corrected chi connectivity index (χ0v) is 13.4. The van der Waals surface area contributed by atoms with Crippen LogP contribution in [0.4, 0.5) is 0 Å². The number of fused-ring (bicyclic) bond motifs is 1. The summed E-state index contributed by atoms with van der Waals surface area (Å²) in [5.74, 6) is 0. The molecule has 3 nitrogen and oxygen atoms in total. The highest BCUT2D eigenvalue weighted by atomic mass is 35.5. The van der Waals surface area contributed by atoms with E-state index in [0.717, 1.165) is 33.9 Å². The third-order valence-electron chi connectivity index (χ3n) is 3.07. The number of nitrogens with zero attached hydrogens (tertiary/aromatic N) is 2. The van der Waals surface area contributed by atoms with Gasteiger partial charge >= 0.3 is 0 Å². The number of hydrogen-bond donors (Lipinski definition) is 1. The van der Waals surface area contributed by atoms with E-state index in [-0.39, 0.29) is 5.41 Å². The molecule has 2 rings (SSSR count). The van der Waals surface area contributed by atoms with Crippen molar-refractivity contribution in [3.05, 3.63) is 28.0 Å². The Labute approximate surface area is 124 Å². The van der Waals surface area contributed by atoms with Gasteiger partial charge in [-0.2, -0.15) is 0 Å². The summed E-state index contributed by atoms with van der Waals surface area (Å²) >= 11 is 11.5. The van der Waals surface area contributed by atoms with Gasteiger partial charge in [0.25, 0.3) is 0 Å². The molecular formula is C14H20ClN3S. The maximum absolute atomic E-state index is 6.09. The molecule has 0 aliphatic carbocycles. The molecule has 0 saturated carbocycles. The number of rotatable bonds is 4. The van der Waals surface area contributed by atoms with E-state index in [2.05, 4.69) is 42.4 Å². The Morgan fingerprint density at radius 3 is 2.68 bits per heavy atom. The molecule has 1 aromatic heterocycles. The van der Waals surface area contributed by atoms with Crippen molar-refractivity contribution in [1.29, 1.82) is 0 Å². The fourth-order valence-electron chi connectivity index (χ4n) is 2.62. The fourth-order valence-corrected chi connectivity index (χ4v) is 3.06. The van der Waals surface area contributed by atoms with Crippen molar-refractivity contribution in [2.45, 2.75) is 20.4 Å². The quantitative estimate of drug-likeness (QED) is 0.864. The van der Waals surface area contributed by atoms with E-state index < -0.39 is 0 Å². The maximum Gasteiger partial charge on any atom is 0.178 e. The second-order valence-electron chi connectivity index (χ2n) is 6.08. The molecule has 2 aromatic rings. The average Bonchev–Trinajstić information content (AvgIpc) is 2.53. The Bertz CT molecular complexity index is 640. The van der Waals surface area contributed by atoms with Gasteiger partial charge in [-0.25, -0.2) is 0 Å². The predicted octanol–water partition coefficient (Wildman–Crippen LogP) is 3.94. The van der Waals surface area contributed by atoms with E-state index in [9.17, 15) is 0 Å². The number of imidazole rings is 1. The molecule has 19 heavy (non-hydrogen) atoms. The first-order chi connectivity index (χ1) is 8.78. The molecule has 0 unspecified atom stereocenters. The topological polar surface area (TPSA) is 24.0 Å². The molecular weight excluding hydrogens is 278 g/mol. The molecule has 0 aliphatic rings. The summed E-state index contributed by atoms with van der Waals surface area (Å²) in [5, 5.41) is 0.737. The van der Waals surface area contributed by atoms with Crippen molar-refractivity contribution in [3.63, 3.8) is 0 Å². The van der Waals surface area contributed by atoms with Crippen LogP contribution < -0.4 is 0 Å². The van der Waals surface area contributed by atoms with E-state index in [1.165, 1.54) is 0 Å². The van der Waals surface area contributed by atoms with Crippen molar-refractivity contribution >= 4 is 34.9 Å². The van der Waals surface area contributed by atoms with E-state index in [0.29, 0.717) is 0 Å². The van der Waals surface area contributed by atoms with Gasteiger partial charge in [0, 0.05) is 18.1 Å². The minimum atomic E-state index is 0.138. The highest BCUT2D eigenvalue weighted by molar-refractivity contribution is 7.71. The van der Waals surface area contributed by atoms with Crippen LogP contribution in [0.15, 0.2) is 18.2 Å². The summed E-state index contributed by atoms with van der Waals surface area (Å²) in [4.78, 5) is 5.44. The van der Waals surface area contributed by atoms with Gasteiger partial charge in [-0.3, -0.25) is 0 Å². The lowest BCUT2D eigenvalue weighted by atomic mass is 9.93. The number of benzene rings is 1. The van der Waals surface area contributed by atoms with Crippen LogP contribution in [0.1, 0.15) is 13.8 Å². The lowest BCUT2D eigenvalue weighted by Gasteiger charge is -2.28. The third-order valence-corrected chi connectivity index (χ3v) is 3.63. The Hall–Kier alpha value is -0.840. The molecule has 0 amide bonds. The SMILES string of the molecule is CN(C)CC(C)(C)Cn1c(=S)[nH]c2ccc(Cl)cc21. The Kier molecular flexibility index (Phi) is 4.04. The molecule has 104 valence electrons. The first-order valence-corrected chi connectivity index (χ1v) is 7.10. The highest BCUT2D eigenvalue weighted by Crippen LogP contribution is 2.25. The smallest absolute Gasteiger partial charge is 0.178 e. The highest BCUT2D eigenvalue weighted by Gasteiger charge is 2.21. The zero-order valence-electron chi connectivity index (χ0n) is 11.8. The molecule has 0 saturated heterocycles. The molecule has 1 heterocycles. The number of aromatic nitrogens is 2. The molecule has 0 aliphatic heterocycles. The van der Waals surface area contributed by atoms with Crippen LogP contribution in [-0.2, 0) is 6.54 Å². The number of hydrogen-bond acceptors (Lipinski definition) is 2. The van der Waals surface area contributed by atoms with Crippen molar-refractivity contribution in [1.82, 2.24) is 14.5 Å². The van der Waals surface area contributed by atoms with E-state index in [1.807, 2.05) is 18.2 Å². The van der Waals surface area contributed by atoms with Crippen molar-refractivity contribution in [2.24, 2.45) is 5.41 Å². The van der Waals surface area contributed by atoms with E-state index in [4.69, 9.17) is 23.8 Å². The summed E-state index contributed by atoms with van der Waals surface area (Å²) in [5.41, 5.74) is 2.25. The molecule has 0 atom stereocenters. The number of halogens is 1. The molecule has 1 aromatic carbocycles. The lowest BCUT2D eigenvalue weighted by molar-refractivity contribution is 0.212. The van der Waals surface area contributed by atoms with Gasteiger partial charge in [0.2, 0.25) is 0 Å². The lowest BCUT2D eigenvalue weighted by Crippen LogP contribution is -2.32. The fraction of sp³-hybridized carbons (Fsp3) is 0.500. The van der Waals surface area contributed by atoms with Crippen LogP contribution >= 0.6 is 23.8 Å². The first-order valence-electron chi connectivity index (χ1n) is 6.31. The minimum Gasteiger partial charge on any atom is -0.331 e. The van der Waals surface area contributed by atoms with Crippen LogP contribution in [-0.4, -0.2) is 35.1 Å². The second kappa shape index (κ2) is 5.27.